The Morgan fingerprint density at radius 1 is 0.972 bits per heavy atom. The van der Waals surface area contributed by atoms with Crippen molar-refractivity contribution in [3.8, 4) is 0 Å². The minimum atomic E-state index is -0.594. The number of hydrogen-bond donors (Lipinski definition) is 4. The minimum absolute atomic E-state index is 0.0461. The van der Waals surface area contributed by atoms with Crippen LogP contribution in [0.25, 0.3) is 0 Å². The summed E-state index contributed by atoms with van der Waals surface area (Å²) in [6.45, 7) is 1.14. The number of hydrogen-bond acceptors (Lipinski definition) is 6. The summed E-state index contributed by atoms with van der Waals surface area (Å²) in [4.78, 5) is 27.6. The largest absolute Gasteiger partial charge is 0.395 e. The maximum atomic E-state index is 13.0. The van der Waals surface area contributed by atoms with Gasteiger partial charge in [-0.15, -0.1) is 0 Å². The lowest BCUT2D eigenvalue weighted by Gasteiger charge is -2.20. The maximum absolute atomic E-state index is 13.0. The summed E-state index contributed by atoms with van der Waals surface area (Å²) in [6, 6.07) is 17.0. The third-order valence-corrected chi connectivity index (χ3v) is 5.39. The zero-order chi connectivity index (χ0) is 25.9. The third kappa shape index (κ3) is 7.96. The fraction of sp³-hybridized carbons (Fsp3) is 0.192. The molecule has 0 aromatic heterocycles. The van der Waals surface area contributed by atoms with E-state index in [0.717, 1.165) is 5.56 Å². The highest BCUT2D eigenvalue weighted by Gasteiger charge is 2.16. The van der Waals surface area contributed by atoms with Crippen molar-refractivity contribution < 1.29 is 24.2 Å². The number of aliphatic hydroxyl groups is 2. The maximum Gasteiger partial charge on any atom is 0.273 e. The van der Waals surface area contributed by atoms with Gasteiger partial charge in [-0.2, -0.15) is 5.10 Å². The highest BCUT2D eigenvalue weighted by atomic mass is 35.5. The molecule has 0 aliphatic rings. The Bertz CT molecular complexity index is 1210. The van der Waals surface area contributed by atoms with Crippen molar-refractivity contribution in [1.29, 1.82) is 0 Å². The van der Waals surface area contributed by atoms with Gasteiger partial charge in [-0.3, -0.25) is 14.5 Å². The summed E-state index contributed by atoms with van der Waals surface area (Å²) < 4.78 is 13.0. The van der Waals surface area contributed by atoms with Gasteiger partial charge in [0.2, 0.25) is 0 Å². The molecule has 188 valence electrons. The fourth-order valence-corrected chi connectivity index (χ4v) is 3.58. The summed E-state index contributed by atoms with van der Waals surface area (Å²) >= 11 is 6.07. The molecular formula is C26H26ClFN4O4. The van der Waals surface area contributed by atoms with Gasteiger partial charge in [0.05, 0.1) is 30.7 Å². The second-order valence-electron chi connectivity index (χ2n) is 7.82. The van der Waals surface area contributed by atoms with Gasteiger partial charge in [0.25, 0.3) is 11.8 Å². The van der Waals surface area contributed by atoms with Crippen molar-refractivity contribution in [2.24, 2.45) is 5.10 Å². The average Bonchev–Trinajstić information content (AvgIpc) is 2.86. The van der Waals surface area contributed by atoms with Crippen LogP contribution in [0.3, 0.4) is 0 Å². The number of aliphatic hydroxyl groups excluding tert-OH is 2. The number of nitrogens with one attached hydrogen (secondary N) is 2. The van der Waals surface area contributed by atoms with Crippen LogP contribution in [0.2, 0.25) is 5.02 Å². The molecule has 2 amide bonds. The molecule has 0 fully saturated rings. The first-order valence-electron chi connectivity index (χ1n) is 11.1. The molecule has 0 radical (unpaired) electrons. The highest BCUT2D eigenvalue weighted by Crippen LogP contribution is 2.22. The molecule has 3 aromatic rings. The first kappa shape index (κ1) is 27.0. The Morgan fingerprint density at radius 3 is 2.39 bits per heavy atom. The lowest BCUT2D eigenvalue weighted by molar-refractivity contribution is 0.0956. The van der Waals surface area contributed by atoms with Gasteiger partial charge in [0.1, 0.15) is 5.82 Å². The number of amides is 2. The van der Waals surface area contributed by atoms with Crippen molar-refractivity contribution in [3.63, 3.8) is 0 Å². The van der Waals surface area contributed by atoms with Gasteiger partial charge in [-0.05, 0) is 53.6 Å². The molecule has 4 N–H and O–H groups in total. The predicted molar refractivity (Wildman–Crippen MR) is 137 cm³/mol. The van der Waals surface area contributed by atoms with Gasteiger partial charge in [-0.1, -0.05) is 35.9 Å². The summed E-state index contributed by atoms with van der Waals surface area (Å²) in [5, 5.41) is 25.3. The lowest BCUT2D eigenvalue weighted by Crippen LogP contribution is -2.29. The third-order valence-electron chi connectivity index (χ3n) is 5.15. The van der Waals surface area contributed by atoms with E-state index < -0.39 is 11.8 Å². The van der Waals surface area contributed by atoms with Gasteiger partial charge >= 0.3 is 0 Å². The first-order valence-corrected chi connectivity index (χ1v) is 11.5. The zero-order valence-corrected chi connectivity index (χ0v) is 20.1. The SMILES string of the molecule is O=C(Nc1ccc(Cl)cc1C(=O)NN=Cc1ccc(F)cc1)c1cccc(CN(CCO)CCO)c1. The molecule has 0 bridgehead atoms. The van der Waals surface area contributed by atoms with Gasteiger partial charge in [0.15, 0.2) is 0 Å². The molecule has 3 rings (SSSR count). The molecule has 10 heteroatoms. The Hall–Kier alpha value is -3.63. The van der Waals surface area contributed by atoms with E-state index in [1.54, 1.807) is 24.3 Å². The monoisotopic (exact) mass is 512 g/mol. The number of hydrazone groups is 1. The number of carbonyl (C=O) groups is 2. The minimum Gasteiger partial charge on any atom is -0.395 e. The van der Waals surface area contributed by atoms with E-state index in [9.17, 15) is 24.2 Å². The lowest BCUT2D eigenvalue weighted by atomic mass is 10.1. The summed E-state index contributed by atoms with van der Waals surface area (Å²) in [5.41, 5.74) is 4.52. The molecule has 0 unspecified atom stereocenters. The molecule has 0 atom stereocenters. The molecule has 0 heterocycles. The van der Waals surface area contributed by atoms with Gasteiger partial charge in [-0.25, -0.2) is 9.82 Å². The molecule has 0 aliphatic carbocycles. The second-order valence-corrected chi connectivity index (χ2v) is 8.25. The average molecular weight is 513 g/mol. The van der Waals surface area contributed by atoms with Crippen LogP contribution in [0.15, 0.2) is 71.8 Å². The Morgan fingerprint density at radius 2 is 1.69 bits per heavy atom. The van der Waals surface area contributed by atoms with E-state index in [-0.39, 0.29) is 30.3 Å². The van der Waals surface area contributed by atoms with E-state index >= 15 is 0 Å². The number of rotatable bonds is 11. The van der Waals surface area contributed by atoms with E-state index in [2.05, 4.69) is 15.8 Å². The van der Waals surface area contributed by atoms with Crippen LogP contribution in [-0.2, 0) is 6.54 Å². The molecule has 0 saturated carbocycles. The number of halogens is 2. The van der Waals surface area contributed by atoms with Crippen LogP contribution in [0, 0.1) is 5.82 Å². The van der Waals surface area contributed by atoms with Gasteiger partial charge in [0, 0.05) is 30.2 Å². The number of anilines is 1. The quantitative estimate of drug-likeness (QED) is 0.232. The predicted octanol–water partition coefficient (Wildman–Crippen LogP) is 3.28. The molecular weight excluding hydrogens is 487 g/mol. The molecule has 0 aliphatic heterocycles. The van der Waals surface area contributed by atoms with E-state index in [4.69, 9.17) is 11.6 Å². The van der Waals surface area contributed by atoms with Crippen molar-refractivity contribution in [2.75, 3.05) is 31.6 Å². The van der Waals surface area contributed by atoms with Crippen molar-refractivity contribution in [3.05, 3.63) is 99.8 Å². The Kier molecular flexibility index (Phi) is 10.1. The van der Waals surface area contributed by atoms with Crippen LogP contribution in [0.4, 0.5) is 10.1 Å². The van der Waals surface area contributed by atoms with Crippen molar-refractivity contribution in [2.45, 2.75) is 6.54 Å². The molecule has 3 aromatic carbocycles. The first-order chi connectivity index (χ1) is 17.4. The van der Waals surface area contributed by atoms with Gasteiger partial charge < -0.3 is 15.5 Å². The standard InChI is InChI=1S/C26H26ClFN4O4/c27-21-6-9-24(23(15-21)26(36)31-29-16-18-4-7-22(28)8-5-18)30-25(35)20-3-1-2-19(14-20)17-32(10-12-33)11-13-34/h1-9,14-16,33-34H,10-13,17H2,(H,30,35)(H,31,36). The second kappa shape index (κ2) is 13.5. The number of carbonyl (C=O) groups excluding carboxylic acids is 2. The topological polar surface area (TPSA) is 114 Å². The number of nitrogens with zero attached hydrogens (tertiary/aromatic N) is 2. The van der Waals surface area contributed by atoms with E-state index in [1.165, 1.54) is 42.6 Å². The fourth-order valence-electron chi connectivity index (χ4n) is 3.40. The Balaban J connectivity index is 1.72. The van der Waals surface area contributed by atoms with E-state index in [1.807, 2.05) is 11.0 Å². The summed E-state index contributed by atoms with van der Waals surface area (Å²) in [6.07, 6.45) is 1.36. The summed E-state index contributed by atoms with van der Waals surface area (Å²) in [5.74, 6) is -1.41. The smallest absolute Gasteiger partial charge is 0.273 e. The normalized spacial score (nSPS) is 11.1. The van der Waals surface area contributed by atoms with Crippen LogP contribution in [0.1, 0.15) is 31.8 Å². The van der Waals surface area contributed by atoms with Crippen LogP contribution < -0.4 is 10.7 Å². The molecule has 36 heavy (non-hydrogen) atoms. The van der Waals surface area contributed by atoms with Crippen molar-refractivity contribution >= 4 is 35.3 Å². The van der Waals surface area contributed by atoms with Crippen LogP contribution in [-0.4, -0.2) is 59.4 Å². The molecule has 0 saturated heterocycles. The molecule has 0 spiro atoms. The number of benzene rings is 3. The van der Waals surface area contributed by atoms with Crippen molar-refractivity contribution in [1.82, 2.24) is 10.3 Å². The Labute approximate surface area is 213 Å². The van der Waals surface area contributed by atoms with E-state index in [0.29, 0.717) is 35.8 Å². The zero-order valence-electron chi connectivity index (χ0n) is 19.3. The highest BCUT2D eigenvalue weighted by molar-refractivity contribution is 6.31. The van der Waals surface area contributed by atoms with Crippen LogP contribution in [0.5, 0.6) is 0 Å². The summed E-state index contributed by atoms with van der Waals surface area (Å²) in [7, 11) is 0. The van der Waals surface area contributed by atoms with Crippen LogP contribution >= 0.6 is 11.6 Å². The molecule has 8 nitrogen and oxygen atoms in total.